The molecule has 0 spiro atoms. The highest BCUT2D eigenvalue weighted by atomic mass is 16.1. The van der Waals surface area contributed by atoms with Crippen LogP contribution in [-0.4, -0.2) is 35.5 Å². The van der Waals surface area contributed by atoms with E-state index in [1.54, 1.807) is 16.9 Å². The van der Waals surface area contributed by atoms with Gasteiger partial charge in [-0.05, 0) is 46.6 Å². The van der Waals surface area contributed by atoms with Crippen LogP contribution in [0.4, 0.5) is 5.69 Å². The summed E-state index contributed by atoms with van der Waals surface area (Å²) in [5, 5.41) is 7.72. The van der Waals surface area contributed by atoms with Crippen molar-refractivity contribution in [2.45, 2.75) is 59.0 Å². The Kier molecular flexibility index (Phi) is 6.89. The van der Waals surface area contributed by atoms with Crippen molar-refractivity contribution < 1.29 is 0 Å². The molecule has 1 N–H and O–H groups in total. The fourth-order valence-electron chi connectivity index (χ4n) is 2.12. The molecule has 5 heteroatoms. The number of anilines is 1. The topological polar surface area (TPSA) is 50.2 Å². The predicted octanol–water partition coefficient (Wildman–Crippen LogP) is 2.26. The summed E-state index contributed by atoms with van der Waals surface area (Å²) < 4.78 is 1.56. The summed E-state index contributed by atoms with van der Waals surface area (Å²) in [6.07, 6.45) is 4.84. The van der Waals surface area contributed by atoms with E-state index in [2.05, 4.69) is 43.0 Å². The quantitative estimate of drug-likeness (QED) is 0.747. The molecule has 0 aliphatic carbocycles. The van der Waals surface area contributed by atoms with E-state index >= 15 is 0 Å². The van der Waals surface area contributed by atoms with Crippen LogP contribution in [0.5, 0.6) is 0 Å². The van der Waals surface area contributed by atoms with Gasteiger partial charge in [-0.25, -0.2) is 4.68 Å². The first-order valence-corrected chi connectivity index (χ1v) is 7.87. The average molecular weight is 294 g/mol. The molecular formula is C16H30N4O. The fraction of sp³-hybridized carbons (Fsp3) is 0.750. The zero-order chi connectivity index (χ0) is 15.9. The summed E-state index contributed by atoms with van der Waals surface area (Å²) in [6.45, 7) is 11.2. The highest BCUT2D eigenvalue weighted by molar-refractivity contribution is 5.41. The van der Waals surface area contributed by atoms with Crippen LogP contribution in [0.2, 0.25) is 0 Å². The molecule has 0 aliphatic heterocycles. The van der Waals surface area contributed by atoms with E-state index in [4.69, 9.17) is 0 Å². The van der Waals surface area contributed by atoms with Crippen molar-refractivity contribution in [1.29, 1.82) is 0 Å². The van der Waals surface area contributed by atoms with Gasteiger partial charge in [0.2, 0.25) is 0 Å². The average Bonchev–Trinajstić information content (AvgIpc) is 2.39. The molecule has 1 rings (SSSR count). The van der Waals surface area contributed by atoms with Crippen molar-refractivity contribution in [2.75, 3.05) is 25.0 Å². The minimum Gasteiger partial charge on any atom is -0.373 e. The maximum atomic E-state index is 12.0. The summed E-state index contributed by atoms with van der Waals surface area (Å²) in [7, 11) is 1.99. The minimum atomic E-state index is -0.0146. The molecular weight excluding hydrogens is 264 g/mol. The molecule has 0 atom stereocenters. The van der Waals surface area contributed by atoms with Crippen LogP contribution < -0.4 is 15.8 Å². The lowest BCUT2D eigenvalue weighted by atomic mass is 10.1. The first kappa shape index (κ1) is 17.7. The van der Waals surface area contributed by atoms with Gasteiger partial charge < -0.3 is 10.2 Å². The van der Waals surface area contributed by atoms with Gasteiger partial charge in [-0.1, -0.05) is 6.92 Å². The second kappa shape index (κ2) is 8.17. The zero-order valence-electron chi connectivity index (χ0n) is 14.1. The van der Waals surface area contributed by atoms with Crippen LogP contribution >= 0.6 is 0 Å². The molecule has 0 aromatic carbocycles. The monoisotopic (exact) mass is 294 g/mol. The highest BCUT2D eigenvalue weighted by Gasteiger charge is 2.07. The van der Waals surface area contributed by atoms with E-state index in [1.165, 1.54) is 0 Å². The van der Waals surface area contributed by atoms with Gasteiger partial charge in [-0.3, -0.25) is 4.79 Å². The third-order valence-electron chi connectivity index (χ3n) is 3.31. The Bertz CT molecular complexity index is 476. The van der Waals surface area contributed by atoms with Crippen molar-refractivity contribution in [3.8, 4) is 0 Å². The largest absolute Gasteiger partial charge is 0.373 e. The first-order valence-electron chi connectivity index (χ1n) is 7.87. The molecule has 1 aromatic heterocycles. The number of aryl methyl sites for hydroxylation is 1. The first-order chi connectivity index (χ1) is 9.83. The Labute approximate surface area is 128 Å². The van der Waals surface area contributed by atoms with Crippen LogP contribution in [0.3, 0.4) is 0 Å². The van der Waals surface area contributed by atoms with Gasteiger partial charge in [-0.2, -0.15) is 5.10 Å². The van der Waals surface area contributed by atoms with Crippen molar-refractivity contribution in [2.24, 2.45) is 0 Å². The van der Waals surface area contributed by atoms with E-state index in [0.717, 1.165) is 38.0 Å². The predicted molar refractivity (Wildman–Crippen MR) is 89.0 cm³/mol. The van der Waals surface area contributed by atoms with E-state index in [1.807, 2.05) is 7.05 Å². The highest BCUT2D eigenvalue weighted by Crippen LogP contribution is 2.07. The molecule has 0 unspecified atom stereocenters. The van der Waals surface area contributed by atoms with E-state index in [-0.39, 0.29) is 11.1 Å². The maximum Gasteiger partial charge on any atom is 0.268 e. The molecule has 1 aromatic rings. The Balaban J connectivity index is 2.45. The van der Waals surface area contributed by atoms with Crippen LogP contribution in [-0.2, 0) is 6.54 Å². The third kappa shape index (κ3) is 6.76. The van der Waals surface area contributed by atoms with E-state index in [0.29, 0.717) is 6.54 Å². The third-order valence-corrected chi connectivity index (χ3v) is 3.31. The summed E-state index contributed by atoms with van der Waals surface area (Å²) >= 11 is 0. The van der Waals surface area contributed by atoms with Gasteiger partial charge in [0.15, 0.2) is 0 Å². The minimum absolute atomic E-state index is 0.0146. The van der Waals surface area contributed by atoms with Gasteiger partial charge >= 0.3 is 0 Å². The van der Waals surface area contributed by atoms with Gasteiger partial charge in [0.05, 0.1) is 11.9 Å². The molecule has 0 amide bonds. The second-order valence-corrected chi connectivity index (χ2v) is 6.58. The number of unbranched alkanes of at least 4 members (excludes halogenated alkanes) is 1. The lowest BCUT2D eigenvalue weighted by Crippen LogP contribution is -2.36. The van der Waals surface area contributed by atoms with Gasteiger partial charge in [0, 0.05) is 31.7 Å². The summed E-state index contributed by atoms with van der Waals surface area (Å²) in [6, 6.07) is 1.68. The lowest BCUT2D eigenvalue weighted by Gasteiger charge is -2.20. The fourth-order valence-corrected chi connectivity index (χ4v) is 2.12. The van der Waals surface area contributed by atoms with Gasteiger partial charge in [0.25, 0.3) is 5.56 Å². The van der Waals surface area contributed by atoms with Crippen LogP contribution in [0.15, 0.2) is 17.1 Å². The van der Waals surface area contributed by atoms with Crippen molar-refractivity contribution in [3.63, 3.8) is 0 Å². The van der Waals surface area contributed by atoms with Gasteiger partial charge in [0.1, 0.15) is 0 Å². The standard InChI is InChI=1S/C16H30N4O/c1-6-10-19(5)14-12-15(21)20(18-13-14)11-8-7-9-17-16(2,3)4/h12-13,17H,6-11H2,1-5H3. The van der Waals surface area contributed by atoms with E-state index < -0.39 is 0 Å². The molecule has 1 heterocycles. The molecule has 21 heavy (non-hydrogen) atoms. The molecule has 0 fully saturated rings. The van der Waals surface area contributed by atoms with Crippen LogP contribution in [0, 0.1) is 0 Å². The SMILES string of the molecule is CCCN(C)c1cnn(CCCCNC(C)(C)C)c(=O)c1. The number of nitrogens with zero attached hydrogens (tertiary/aromatic N) is 3. The molecule has 0 saturated carbocycles. The molecule has 5 nitrogen and oxygen atoms in total. The number of rotatable bonds is 8. The smallest absolute Gasteiger partial charge is 0.268 e. The Hall–Kier alpha value is -1.36. The normalized spacial score (nSPS) is 11.7. The summed E-state index contributed by atoms with van der Waals surface area (Å²) in [5.41, 5.74) is 1.03. The second-order valence-electron chi connectivity index (χ2n) is 6.58. The van der Waals surface area contributed by atoms with Crippen LogP contribution in [0.25, 0.3) is 0 Å². The Morgan fingerprint density at radius 1 is 1.33 bits per heavy atom. The van der Waals surface area contributed by atoms with Crippen molar-refractivity contribution >= 4 is 5.69 Å². The maximum absolute atomic E-state index is 12.0. The molecule has 0 saturated heterocycles. The van der Waals surface area contributed by atoms with E-state index in [9.17, 15) is 4.79 Å². The van der Waals surface area contributed by atoms with Gasteiger partial charge in [-0.15, -0.1) is 0 Å². The Morgan fingerprint density at radius 3 is 2.62 bits per heavy atom. The summed E-state index contributed by atoms with van der Waals surface area (Å²) in [5.74, 6) is 0. The summed E-state index contributed by atoms with van der Waals surface area (Å²) in [4.78, 5) is 14.1. The van der Waals surface area contributed by atoms with Crippen molar-refractivity contribution in [3.05, 3.63) is 22.6 Å². The zero-order valence-corrected chi connectivity index (χ0v) is 14.1. The molecule has 0 aliphatic rings. The van der Waals surface area contributed by atoms with Crippen molar-refractivity contribution in [1.82, 2.24) is 15.1 Å². The molecule has 0 radical (unpaired) electrons. The molecule has 0 bridgehead atoms. The van der Waals surface area contributed by atoms with Crippen LogP contribution in [0.1, 0.15) is 47.0 Å². The number of nitrogens with one attached hydrogen (secondary N) is 1. The number of hydrogen-bond acceptors (Lipinski definition) is 4. The number of aromatic nitrogens is 2. The lowest BCUT2D eigenvalue weighted by molar-refractivity contribution is 0.410. The number of hydrogen-bond donors (Lipinski definition) is 1. The molecule has 120 valence electrons. The Morgan fingerprint density at radius 2 is 2.05 bits per heavy atom.